The molecular weight excluding hydrogens is 184 g/mol. The maximum absolute atomic E-state index is 3.50. The van der Waals surface area contributed by atoms with Crippen LogP contribution < -0.4 is 5.32 Å². The minimum Gasteiger partial charge on any atom is -0.314 e. The van der Waals surface area contributed by atoms with Crippen molar-refractivity contribution in [2.75, 3.05) is 19.6 Å². The Kier molecular flexibility index (Phi) is 5.62. The largest absolute Gasteiger partial charge is 0.314 e. The summed E-state index contributed by atoms with van der Waals surface area (Å²) in [5, 5.41) is 3.50. The second-order valence-electron chi connectivity index (χ2n) is 5.49. The number of hydrogen-bond donors (Lipinski definition) is 1. The van der Waals surface area contributed by atoms with Crippen LogP contribution in [0.2, 0.25) is 0 Å². The molecule has 2 nitrogen and oxygen atoms in total. The van der Waals surface area contributed by atoms with E-state index in [4.69, 9.17) is 0 Å². The summed E-state index contributed by atoms with van der Waals surface area (Å²) in [5.74, 6) is 0.902. The number of likely N-dealkylation sites (tertiary alicyclic amines) is 1. The topological polar surface area (TPSA) is 15.3 Å². The molecule has 0 radical (unpaired) electrons. The van der Waals surface area contributed by atoms with Gasteiger partial charge in [-0.1, -0.05) is 20.8 Å². The first kappa shape index (κ1) is 13.0. The predicted octanol–water partition coefficient (Wildman–Crippen LogP) is 2.49. The van der Waals surface area contributed by atoms with Gasteiger partial charge in [0.2, 0.25) is 0 Å². The maximum Gasteiger partial charge on any atom is 0.00791 e. The van der Waals surface area contributed by atoms with Gasteiger partial charge in [-0.2, -0.15) is 0 Å². The summed E-state index contributed by atoms with van der Waals surface area (Å²) >= 11 is 0. The summed E-state index contributed by atoms with van der Waals surface area (Å²) in [7, 11) is 0. The summed E-state index contributed by atoms with van der Waals surface area (Å²) in [5.41, 5.74) is 0. The molecule has 2 atom stereocenters. The lowest BCUT2D eigenvalue weighted by Crippen LogP contribution is -2.42. The van der Waals surface area contributed by atoms with Crippen molar-refractivity contribution in [3.8, 4) is 0 Å². The molecule has 0 amide bonds. The summed E-state index contributed by atoms with van der Waals surface area (Å²) in [4.78, 5) is 2.66. The molecule has 1 saturated heterocycles. The van der Waals surface area contributed by atoms with Crippen LogP contribution in [-0.4, -0.2) is 36.6 Å². The highest BCUT2D eigenvalue weighted by atomic mass is 15.2. The Labute approximate surface area is 95.4 Å². The molecule has 15 heavy (non-hydrogen) atoms. The van der Waals surface area contributed by atoms with Crippen LogP contribution in [0.4, 0.5) is 0 Å². The van der Waals surface area contributed by atoms with Gasteiger partial charge in [0.25, 0.3) is 0 Å². The lowest BCUT2D eigenvalue weighted by molar-refractivity contribution is 0.132. The molecule has 2 heteroatoms. The van der Waals surface area contributed by atoms with E-state index in [2.05, 4.69) is 37.9 Å². The van der Waals surface area contributed by atoms with E-state index in [0.29, 0.717) is 6.04 Å². The quantitative estimate of drug-likeness (QED) is 0.753. The third-order valence-electron chi connectivity index (χ3n) is 3.43. The van der Waals surface area contributed by atoms with E-state index < -0.39 is 0 Å². The van der Waals surface area contributed by atoms with Crippen molar-refractivity contribution in [2.45, 2.75) is 59.0 Å². The van der Waals surface area contributed by atoms with Gasteiger partial charge in [0.1, 0.15) is 0 Å². The summed E-state index contributed by atoms with van der Waals surface area (Å²) in [6.45, 7) is 13.0. The van der Waals surface area contributed by atoms with E-state index >= 15 is 0 Å². The van der Waals surface area contributed by atoms with Crippen molar-refractivity contribution in [1.82, 2.24) is 10.2 Å². The van der Waals surface area contributed by atoms with E-state index in [-0.39, 0.29) is 0 Å². The fourth-order valence-electron chi connectivity index (χ4n) is 2.39. The second-order valence-corrected chi connectivity index (χ2v) is 5.49. The zero-order chi connectivity index (χ0) is 11.3. The summed E-state index contributed by atoms with van der Waals surface area (Å²) in [6, 6.07) is 1.37. The van der Waals surface area contributed by atoms with Crippen molar-refractivity contribution < 1.29 is 0 Å². The first-order valence-corrected chi connectivity index (χ1v) is 6.57. The minimum atomic E-state index is 0.623. The lowest BCUT2D eigenvalue weighted by Gasteiger charge is -2.35. The molecule has 1 N–H and O–H groups in total. The molecule has 90 valence electrons. The van der Waals surface area contributed by atoms with Gasteiger partial charge >= 0.3 is 0 Å². The number of rotatable bonds is 5. The van der Waals surface area contributed by atoms with E-state index in [9.17, 15) is 0 Å². The number of nitrogens with one attached hydrogen (secondary N) is 1. The van der Waals surface area contributed by atoms with Crippen LogP contribution in [0, 0.1) is 5.92 Å². The van der Waals surface area contributed by atoms with Gasteiger partial charge in [-0.3, -0.25) is 0 Å². The maximum atomic E-state index is 3.50. The summed E-state index contributed by atoms with van der Waals surface area (Å²) in [6.07, 6.45) is 4.10. The monoisotopic (exact) mass is 212 g/mol. The van der Waals surface area contributed by atoms with Gasteiger partial charge in [-0.15, -0.1) is 0 Å². The number of hydrogen-bond acceptors (Lipinski definition) is 2. The summed E-state index contributed by atoms with van der Waals surface area (Å²) < 4.78 is 0. The van der Waals surface area contributed by atoms with E-state index in [1.807, 2.05) is 0 Å². The van der Waals surface area contributed by atoms with Crippen LogP contribution >= 0.6 is 0 Å². The van der Waals surface area contributed by atoms with Crippen molar-refractivity contribution in [3.63, 3.8) is 0 Å². The van der Waals surface area contributed by atoms with Gasteiger partial charge in [-0.25, -0.2) is 0 Å². The second kappa shape index (κ2) is 6.49. The van der Waals surface area contributed by atoms with Crippen molar-refractivity contribution in [1.29, 1.82) is 0 Å². The third kappa shape index (κ3) is 4.98. The van der Waals surface area contributed by atoms with Gasteiger partial charge < -0.3 is 10.2 Å². The Morgan fingerprint density at radius 3 is 2.67 bits per heavy atom. The molecule has 0 aromatic rings. The smallest absolute Gasteiger partial charge is 0.00791 e. The van der Waals surface area contributed by atoms with Gasteiger partial charge in [0.05, 0.1) is 0 Å². The zero-order valence-electron chi connectivity index (χ0n) is 10.9. The van der Waals surface area contributed by atoms with Crippen LogP contribution in [0.5, 0.6) is 0 Å². The van der Waals surface area contributed by atoms with Crippen LogP contribution in [0.3, 0.4) is 0 Å². The fraction of sp³-hybridized carbons (Fsp3) is 1.00. The van der Waals surface area contributed by atoms with Crippen molar-refractivity contribution in [2.24, 2.45) is 5.92 Å². The molecule has 0 aromatic carbocycles. The van der Waals surface area contributed by atoms with Gasteiger partial charge in [0, 0.05) is 18.6 Å². The highest BCUT2D eigenvalue weighted by molar-refractivity contribution is 4.75. The number of nitrogens with zero attached hydrogens (tertiary/aromatic N) is 1. The molecule has 1 heterocycles. The Hall–Kier alpha value is -0.0800. The Balaban J connectivity index is 2.17. The Morgan fingerprint density at radius 1 is 1.33 bits per heavy atom. The molecule has 1 aliphatic heterocycles. The van der Waals surface area contributed by atoms with E-state index in [1.54, 1.807) is 0 Å². The molecule has 1 fully saturated rings. The molecule has 0 saturated carbocycles. The molecule has 0 aromatic heterocycles. The molecule has 1 aliphatic rings. The Bertz CT molecular complexity index is 168. The normalized spacial score (nSPS) is 25.8. The average molecular weight is 212 g/mol. The van der Waals surface area contributed by atoms with Crippen molar-refractivity contribution in [3.05, 3.63) is 0 Å². The third-order valence-corrected chi connectivity index (χ3v) is 3.43. The first-order chi connectivity index (χ1) is 7.09. The Morgan fingerprint density at radius 2 is 2.07 bits per heavy atom. The average Bonchev–Trinajstić information content (AvgIpc) is 2.17. The molecule has 1 rings (SSSR count). The van der Waals surface area contributed by atoms with Crippen LogP contribution in [-0.2, 0) is 0 Å². The molecular formula is C13H28N2. The molecule has 0 bridgehead atoms. The first-order valence-electron chi connectivity index (χ1n) is 6.57. The predicted molar refractivity (Wildman–Crippen MR) is 67.2 cm³/mol. The van der Waals surface area contributed by atoms with Crippen LogP contribution in [0.15, 0.2) is 0 Å². The molecule has 0 aliphatic carbocycles. The fourth-order valence-corrected chi connectivity index (χ4v) is 2.39. The molecule has 0 spiro atoms. The standard InChI is InChI=1S/C13H28N2/c1-11(2)14-8-7-13(4)15-9-5-6-12(3)10-15/h11-14H,5-10H2,1-4H3. The highest BCUT2D eigenvalue weighted by Crippen LogP contribution is 2.18. The van der Waals surface area contributed by atoms with E-state index in [1.165, 1.54) is 32.4 Å². The highest BCUT2D eigenvalue weighted by Gasteiger charge is 2.20. The van der Waals surface area contributed by atoms with Crippen molar-refractivity contribution >= 4 is 0 Å². The van der Waals surface area contributed by atoms with Crippen LogP contribution in [0.1, 0.15) is 47.0 Å². The van der Waals surface area contributed by atoms with E-state index in [0.717, 1.165) is 18.5 Å². The van der Waals surface area contributed by atoms with Gasteiger partial charge in [-0.05, 0) is 45.2 Å². The minimum absolute atomic E-state index is 0.623. The lowest BCUT2D eigenvalue weighted by atomic mass is 9.98. The SMILES string of the molecule is CC1CCCN(C(C)CCNC(C)C)C1. The zero-order valence-corrected chi connectivity index (χ0v) is 10.9. The van der Waals surface area contributed by atoms with Crippen LogP contribution in [0.25, 0.3) is 0 Å². The van der Waals surface area contributed by atoms with Gasteiger partial charge in [0.15, 0.2) is 0 Å². The number of piperidine rings is 1. The molecule has 2 unspecified atom stereocenters.